The van der Waals surface area contributed by atoms with Gasteiger partial charge in [0.1, 0.15) is 24.9 Å². The number of aliphatic carboxylic acids is 2. The van der Waals surface area contributed by atoms with E-state index in [9.17, 15) is 24.6 Å². The maximum absolute atomic E-state index is 11.4. The molecule has 4 atom stereocenters. The minimum absolute atomic E-state index is 0.0938. The second-order valence-electron chi connectivity index (χ2n) is 5.62. The SMILES string of the molecule is O=C(O)CCC(=O)OCC1O[C@@H](N2C=CCC(C(=O)O)=C2)[C@H](O)[C@@H]1O. The van der Waals surface area contributed by atoms with Crippen molar-refractivity contribution in [2.24, 2.45) is 0 Å². The number of nitrogens with zero attached hydrogens (tertiary/aromatic N) is 1. The van der Waals surface area contributed by atoms with Gasteiger partial charge in [0, 0.05) is 18.8 Å². The Morgan fingerprint density at radius 2 is 1.92 bits per heavy atom. The molecular formula is C15H19NO9. The Balaban J connectivity index is 1.93. The van der Waals surface area contributed by atoms with Crippen LogP contribution < -0.4 is 0 Å². The highest BCUT2D eigenvalue weighted by molar-refractivity contribution is 5.87. The van der Waals surface area contributed by atoms with Gasteiger partial charge < -0.3 is 34.8 Å². The summed E-state index contributed by atoms with van der Waals surface area (Å²) in [6, 6.07) is 0. The van der Waals surface area contributed by atoms with Gasteiger partial charge in [0.15, 0.2) is 6.23 Å². The van der Waals surface area contributed by atoms with Crippen LogP contribution in [0.15, 0.2) is 24.0 Å². The normalized spacial score (nSPS) is 28.6. The second kappa shape index (κ2) is 8.10. The Hall–Kier alpha value is -2.43. The molecule has 138 valence electrons. The van der Waals surface area contributed by atoms with E-state index in [1.54, 1.807) is 6.08 Å². The number of allylic oxidation sites excluding steroid dienone is 1. The Kier molecular flexibility index (Phi) is 6.12. The molecule has 2 aliphatic rings. The molecule has 0 radical (unpaired) electrons. The van der Waals surface area contributed by atoms with Gasteiger partial charge in [-0.05, 0) is 0 Å². The molecule has 2 heterocycles. The first kappa shape index (κ1) is 18.9. The van der Waals surface area contributed by atoms with Crippen molar-refractivity contribution in [1.82, 2.24) is 4.90 Å². The Bertz CT molecular complexity index is 600. The summed E-state index contributed by atoms with van der Waals surface area (Å²) in [6.07, 6.45) is -0.838. The first-order valence-electron chi connectivity index (χ1n) is 7.56. The Labute approximate surface area is 142 Å². The van der Waals surface area contributed by atoms with Crippen molar-refractivity contribution in [3.8, 4) is 0 Å². The second-order valence-corrected chi connectivity index (χ2v) is 5.62. The fraction of sp³-hybridized carbons (Fsp3) is 0.533. The minimum Gasteiger partial charge on any atom is -0.481 e. The van der Waals surface area contributed by atoms with Gasteiger partial charge in [-0.15, -0.1) is 0 Å². The van der Waals surface area contributed by atoms with Crippen molar-refractivity contribution in [2.45, 2.75) is 43.8 Å². The molecule has 0 amide bonds. The lowest BCUT2D eigenvalue weighted by molar-refractivity contribution is -0.153. The van der Waals surface area contributed by atoms with Crippen LogP contribution in [0.1, 0.15) is 19.3 Å². The third kappa shape index (κ3) is 4.78. The van der Waals surface area contributed by atoms with Crippen LogP contribution in [0.2, 0.25) is 0 Å². The maximum atomic E-state index is 11.4. The molecule has 0 aromatic rings. The number of carbonyl (C=O) groups is 3. The molecule has 2 aliphatic heterocycles. The number of carboxylic acid groups (broad SMARTS) is 2. The van der Waals surface area contributed by atoms with Crippen molar-refractivity contribution in [3.05, 3.63) is 24.0 Å². The van der Waals surface area contributed by atoms with Crippen LogP contribution in [-0.4, -0.2) is 74.4 Å². The van der Waals surface area contributed by atoms with Gasteiger partial charge in [0.05, 0.1) is 18.4 Å². The quantitative estimate of drug-likeness (QED) is 0.418. The smallest absolute Gasteiger partial charge is 0.333 e. The standard InChI is InChI=1S/C15H19NO9/c17-10(18)3-4-11(19)24-7-9-12(20)13(21)14(25-9)16-5-1-2-8(6-16)15(22)23/h1,5-6,9,12-14,20-21H,2-4,7H2,(H,17,18)(H,22,23)/t9?,12-,13-,14-/m1/s1. The largest absolute Gasteiger partial charge is 0.481 e. The molecule has 0 spiro atoms. The van der Waals surface area contributed by atoms with E-state index in [0.717, 1.165) is 0 Å². The lowest BCUT2D eigenvalue weighted by Crippen LogP contribution is -2.40. The maximum Gasteiger partial charge on any atom is 0.333 e. The topological polar surface area (TPSA) is 154 Å². The molecule has 4 N–H and O–H groups in total. The molecule has 10 heteroatoms. The fourth-order valence-electron chi connectivity index (χ4n) is 2.45. The van der Waals surface area contributed by atoms with E-state index in [2.05, 4.69) is 0 Å². The summed E-state index contributed by atoms with van der Waals surface area (Å²) in [6.45, 7) is -0.361. The van der Waals surface area contributed by atoms with E-state index in [0.29, 0.717) is 0 Å². The van der Waals surface area contributed by atoms with E-state index >= 15 is 0 Å². The average molecular weight is 357 g/mol. The highest BCUT2D eigenvalue weighted by Gasteiger charge is 2.45. The molecule has 1 saturated heterocycles. The first-order chi connectivity index (χ1) is 11.8. The van der Waals surface area contributed by atoms with Gasteiger partial charge >= 0.3 is 17.9 Å². The van der Waals surface area contributed by atoms with Crippen molar-refractivity contribution in [3.63, 3.8) is 0 Å². The molecule has 0 bridgehead atoms. The number of esters is 1. The van der Waals surface area contributed by atoms with Crippen LogP contribution in [-0.2, 0) is 23.9 Å². The first-order valence-corrected chi connectivity index (χ1v) is 7.56. The molecule has 0 aromatic heterocycles. The molecule has 1 unspecified atom stereocenters. The number of ether oxygens (including phenoxy) is 2. The summed E-state index contributed by atoms with van der Waals surface area (Å²) < 4.78 is 10.3. The number of hydrogen-bond acceptors (Lipinski definition) is 8. The van der Waals surface area contributed by atoms with Crippen LogP contribution in [0.5, 0.6) is 0 Å². The van der Waals surface area contributed by atoms with Gasteiger partial charge in [0.2, 0.25) is 0 Å². The van der Waals surface area contributed by atoms with Crippen molar-refractivity contribution in [2.75, 3.05) is 6.61 Å². The van der Waals surface area contributed by atoms with Crippen LogP contribution in [0.3, 0.4) is 0 Å². The monoisotopic (exact) mass is 357 g/mol. The number of carboxylic acids is 2. The van der Waals surface area contributed by atoms with E-state index in [-0.39, 0.29) is 31.4 Å². The van der Waals surface area contributed by atoms with Gasteiger partial charge in [0.25, 0.3) is 0 Å². The fourth-order valence-corrected chi connectivity index (χ4v) is 2.45. The number of carbonyl (C=O) groups excluding carboxylic acids is 1. The number of aliphatic hydroxyl groups excluding tert-OH is 2. The molecule has 0 aromatic carbocycles. The summed E-state index contributed by atoms with van der Waals surface area (Å²) >= 11 is 0. The van der Waals surface area contributed by atoms with E-state index in [1.807, 2.05) is 0 Å². The average Bonchev–Trinajstić information content (AvgIpc) is 2.86. The number of hydrogen-bond donors (Lipinski definition) is 4. The summed E-state index contributed by atoms with van der Waals surface area (Å²) in [5.41, 5.74) is 0.0938. The lowest BCUT2D eigenvalue weighted by Gasteiger charge is -2.28. The predicted octanol–water partition coefficient (Wildman–Crippen LogP) is -0.971. The molecule has 10 nitrogen and oxygen atoms in total. The Morgan fingerprint density at radius 1 is 1.20 bits per heavy atom. The lowest BCUT2D eigenvalue weighted by atomic mass is 10.1. The summed E-state index contributed by atoms with van der Waals surface area (Å²) in [4.78, 5) is 34.2. The zero-order chi connectivity index (χ0) is 18.6. The Morgan fingerprint density at radius 3 is 2.56 bits per heavy atom. The summed E-state index contributed by atoms with van der Waals surface area (Å²) in [7, 11) is 0. The van der Waals surface area contributed by atoms with Gasteiger partial charge in [-0.2, -0.15) is 0 Å². The predicted molar refractivity (Wildman–Crippen MR) is 79.8 cm³/mol. The van der Waals surface area contributed by atoms with Crippen molar-refractivity contribution in [1.29, 1.82) is 0 Å². The molecule has 0 aliphatic carbocycles. The third-order valence-corrected chi connectivity index (χ3v) is 3.78. The summed E-state index contributed by atoms with van der Waals surface area (Å²) in [5.74, 6) is -3.00. The molecule has 1 fully saturated rings. The molecule has 0 saturated carbocycles. The molecule has 2 rings (SSSR count). The molecule has 25 heavy (non-hydrogen) atoms. The zero-order valence-electron chi connectivity index (χ0n) is 13.1. The van der Waals surface area contributed by atoms with Crippen LogP contribution in [0, 0.1) is 0 Å². The van der Waals surface area contributed by atoms with E-state index in [1.165, 1.54) is 17.3 Å². The van der Waals surface area contributed by atoms with E-state index in [4.69, 9.17) is 19.7 Å². The van der Waals surface area contributed by atoms with E-state index < -0.39 is 42.4 Å². The van der Waals surface area contributed by atoms with Gasteiger partial charge in [-0.1, -0.05) is 6.08 Å². The van der Waals surface area contributed by atoms with Gasteiger partial charge in [-0.3, -0.25) is 9.59 Å². The molecular weight excluding hydrogens is 338 g/mol. The van der Waals surface area contributed by atoms with Crippen LogP contribution >= 0.6 is 0 Å². The highest BCUT2D eigenvalue weighted by atomic mass is 16.6. The van der Waals surface area contributed by atoms with Gasteiger partial charge in [-0.25, -0.2) is 4.79 Å². The third-order valence-electron chi connectivity index (χ3n) is 3.78. The highest BCUT2D eigenvalue weighted by Crippen LogP contribution is 2.27. The zero-order valence-corrected chi connectivity index (χ0v) is 13.1. The van der Waals surface area contributed by atoms with Crippen molar-refractivity contribution >= 4 is 17.9 Å². The van der Waals surface area contributed by atoms with Crippen LogP contribution in [0.4, 0.5) is 0 Å². The summed E-state index contributed by atoms with van der Waals surface area (Å²) in [5, 5.41) is 37.6. The van der Waals surface area contributed by atoms with Crippen LogP contribution in [0.25, 0.3) is 0 Å². The minimum atomic E-state index is -1.35. The number of rotatable bonds is 7. The van der Waals surface area contributed by atoms with Crippen molar-refractivity contribution < 1.29 is 44.3 Å². The number of aliphatic hydroxyl groups is 2.